The molecule has 1 aliphatic carbocycles. The van der Waals surface area contributed by atoms with Crippen LogP contribution >= 0.6 is 11.6 Å². The molecule has 3 rings (SSSR count). The Labute approximate surface area is 156 Å². The van der Waals surface area contributed by atoms with Gasteiger partial charge in [-0.25, -0.2) is 9.78 Å². The second kappa shape index (κ2) is 7.74. The van der Waals surface area contributed by atoms with Crippen LogP contribution in [0.1, 0.15) is 58.4 Å². The van der Waals surface area contributed by atoms with E-state index in [1.54, 1.807) is 18.2 Å². The first-order valence-electron chi connectivity index (χ1n) is 8.56. The number of aromatic carboxylic acids is 1. The highest BCUT2D eigenvalue weighted by Gasteiger charge is 2.21. The summed E-state index contributed by atoms with van der Waals surface area (Å²) in [6.45, 7) is 1.94. The number of aromatic amines is 1. The van der Waals surface area contributed by atoms with Crippen molar-refractivity contribution in [2.75, 3.05) is 0 Å². The van der Waals surface area contributed by atoms with Crippen molar-refractivity contribution in [1.29, 1.82) is 0 Å². The summed E-state index contributed by atoms with van der Waals surface area (Å²) in [5.41, 5.74) is 3.05. The van der Waals surface area contributed by atoms with E-state index in [2.05, 4.69) is 21.4 Å². The van der Waals surface area contributed by atoms with Crippen LogP contribution in [-0.4, -0.2) is 33.0 Å². The summed E-state index contributed by atoms with van der Waals surface area (Å²) in [7, 11) is 0. The van der Waals surface area contributed by atoms with Gasteiger partial charge >= 0.3 is 5.97 Å². The van der Waals surface area contributed by atoms with E-state index in [1.165, 1.54) is 0 Å². The molecule has 7 heteroatoms. The first-order valence-corrected chi connectivity index (χ1v) is 8.93. The van der Waals surface area contributed by atoms with Crippen LogP contribution in [-0.2, 0) is 6.42 Å². The third-order valence-electron chi connectivity index (χ3n) is 4.52. The number of carboxylic acid groups (broad SMARTS) is 1. The van der Waals surface area contributed by atoms with E-state index in [-0.39, 0.29) is 23.3 Å². The molecule has 136 valence electrons. The zero-order chi connectivity index (χ0) is 18.7. The van der Waals surface area contributed by atoms with Gasteiger partial charge in [0.25, 0.3) is 5.91 Å². The highest BCUT2D eigenvalue weighted by molar-refractivity contribution is 6.30. The first-order chi connectivity index (χ1) is 12.5. The van der Waals surface area contributed by atoms with Gasteiger partial charge in [0.15, 0.2) is 11.0 Å². The van der Waals surface area contributed by atoms with Gasteiger partial charge in [-0.1, -0.05) is 36.7 Å². The standard InChI is InChI=1S/C19H20ClN3O3/c1-2-15-16(20)23-17(22-15)18(24)21-14-8-6-11(7-9-14)12-4-3-5-13(10-12)19(25)26/h3-6,10,14H,2,7-9H2,1H3,(H,21,24)(H,22,23)(H,25,26). The number of amides is 1. The molecule has 1 atom stereocenters. The molecule has 1 heterocycles. The summed E-state index contributed by atoms with van der Waals surface area (Å²) in [6.07, 6.45) is 4.98. The van der Waals surface area contributed by atoms with Gasteiger partial charge < -0.3 is 15.4 Å². The second-order valence-electron chi connectivity index (χ2n) is 6.27. The highest BCUT2D eigenvalue weighted by atomic mass is 35.5. The molecule has 6 nitrogen and oxygen atoms in total. The number of imidazole rings is 1. The van der Waals surface area contributed by atoms with Gasteiger partial charge in [-0.05, 0) is 49.0 Å². The van der Waals surface area contributed by atoms with Crippen molar-refractivity contribution in [3.63, 3.8) is 0 Å². The number of carbonyl (C=O) groups is 2. The van der Waals surface area contributed by atoms with Crippen molar-refractivity contribution >= 4 is 29.1 Å². The van der Waals surface area contributed by atoms with E-state index in [1.807, 2.05) is 13.0 Å². The van der Waals surface area contributed by atoms with E-state index >= 15 is 0 Å². The van der Waals surface area contributed by atoms with E-state index in [0.717, 1.165) is 29.7 Å². The SMILES string of the molecule is CCc1[nH]c(C(=O)NC2CC=C(c3cccc(C(=O)O)c3)CC2)nc1Cl. The smallest absolute Gasteiger partial charge is 0.335 e. The second-order valence-corrected chi connectivity index (χ2v) is 6.63. The maximum absolute atomic E-state index is 12.3. The number of aromatic nitrogens is 2. The zero-order valence-corrected chi connectivity index (χ0v) is 15.1. The quantitative estimate of drug-likeness (QED) is 0.744. The molecule has 1 aliphatic rings. The molecule has 0 saturated heterocycles. The molecule has 0 radical (unpaired) electrons. The Morgan fingerprint density at radius 1 is 1.42 bits per heavy atom. The van der Waals surface area contributed by atoms with Crippen molar-refractivity contribution in [1.82, 2.24) is 15.3 Å². The number of hydrogen-bond acceptors (Lipinski definition) is 3. The van der Waals surface area contributed by atoms with Crippen LogP contribution in [0.5, 0.6) is 0 Å². The van der Waals surface area contributed by atoms with Gasteiger partial charge in [0.1, 0.15) is 0 Å². The summed E-state index contributed by atoms with van der Waals surface area (Å²) >= 11 is 5.98. The molecule has 1 aromatic heterocycles. The third kappa shape index (κ3) is 3.96. The fourth-order valence-electron chi connectivity index (χ4n) is 3.06. The van der Waals surface area contributed by atoms with Crippen molar-refractivity contribution in [2.24, 2.45) is 0 Å². The number of H-pyrrole nitrogens is 1. The number of nitrogens with zero attached hydrogens (tertiary/aromatic N) is 1. The minimum Gasteiger partial charge on any atom is -0.478 e. The summed E-state index contributed by atoms with van der Waals surface area (Å²) in [4.78, 5) is 30.4. The lowest BCUT2D eigenvalue weighted by Gasteiger charge is -2.23. The van der Waals surface area contributed by atoms with Gasteiger partial charge in [0.2, 0.25) is 0 Å². The Morgan fingerprint density at radius 3 is 2.85 bits per heavy atom. The van der Waals surface area contributed by atoms with Gasteiger partial charge in [0.05, 0.1) is 11.3 Å². The number of nitrogens with one attached hydrogen (secondary N) is 2. The number of aryl methyl sites for hydroxylation is 1. The van der Waals surface area contributed by atoms with Crippen LogP contribution < -0.4 is 5.32 Å². The van der Waals surface area contributed by atoms with E-state index in [4.69, 9.17) is 16.7 Å². The molecule has 0 aliphatic heterocycles. The molecule has 1 aromatic carbocycles. The van der Waals surface area contributed by atoms with Crippen molar-refractivity contribution < 1.29 is 14.7 Å². The van der Waals surface area contributed by atoms with E-state index in [0.29, 0.717) is 18.0 Å². The molecule has 3 N–H and O–H groups in total. The van der Waals surface area contributed by atoms with Crippen LogP contribution in [0, 0.1) is 0 Å². The molecule has 0 fully saturated rings. The normalized spacial score (nSPS) is 16.8. The van der Waals surface area contributed by atoms with E-state index < -0.39 is 5.97 Å². The van der Waals surface area contributed by atoms with Crippen LogP contribution in [0.15, 0.2) is 30.3 Å². The fraction of sp³-hybridized carbons (Fsp3) is 0.316. The van der Waals surface area contributed by atoms with Crippen molar-refractivity contribution in [2.45, 2.75) is 38.6 Å². The number of hydrogen-bond donors (Lipinski definition) is 3. The Balaban J connectivity index is 1.64. The molecule has 0 spiro atoms. The summed E-state index contributed by atoms with van der Waals surface area (Å²) < 4.78 is 0. The Hall–Kier alpha value is -2.60. The number of carboxylic acids is 1. The molecular weight excluding hydrogens is 354 g/mol. The number of carbonyl (C=O) groups excluding carboxylic acids is 1. The number of benzene rings is 1. The lowest BCUT2D eigenvalue weighted by molar-refractivity contribution is 0.0696. The number of rotatable bonds is 5. The van der Waals surface area contributed by atoms with Gasteiger partial charge in [-0.15, -0.1) is 0 Å². The predicted molar refractivity (Wildman–Crippen MR) is 99.5 cm³/mol. The Bertz CT molecular complexity index is 873. The fourth-order valence-corrected chi connectivity index (χ4v) is 3.33. The predicted octanol–water partition coefficient (Wildman–Crippen LogP) is 3.69. The third-order valence-corrected chi connectivity index (χ3v) is 4.84. The van der Waals surface area contributed by atoms with E-state index in [9.17, 15) is 9.59 Å². The molecule has 0 saturated carbocycles. The van der Waals surface area contributed by atoms with Crippen LogP contribution in [0.3, 0.4) is 0 Å². The average molecular weight is 374 g/mol. The molecule has 26 heavy (non-hydrogen) atoms. The van der Waals surface area contributed by atoms with Gasteiger partial charge in [0, 0.05) is 6.04 Å². The topological polar surface area (TPSA) is 95.1 Å². The van der Waals surface area contributed by atoms with Gasteiger partial charge in [-0.3, -0.25) is 4.79 Å². The monoisotopic (exact) mass is 373 g/mol. The summed E-state index contributed by atoms with van der Waals surface area (Å²) in [5.74, 6) is -0.964. The maximum atomic E-state index is 12.3. The largest absolute Gasteiger partial charge is 0.478 e. The maximum Gasteiger partial charge on any atom is 0.335 e. The number of halogens is 1. The average Bonchev–Trinajstić information content (AvgIpc) is 3.03. The summed E-state index contributed by atoms with van der Waals surface area (Å²) in [5, 5.41) is 12.4. The molecular formula is C19H20ClN3O3. The van der Waals surface area contributed by atoms with Crippen LogP contribution in [0.2, 0.25) is 5.15 Å². The van der Waals surface area contributed by atoms with Crippen LogP contribution in [0.4, 0.5) is 0 Å². The summed E-state index contributed by atoms with van der Waals surface area (Å²) in [6, 6.07) is 6.94. The highest BCUT2D eigenvalue weighted by Crippen LogP contribution is 2.27. The lowest BCUT2D eigenvalue weighted by Crippen LogP contribution is -2.36. The zero-order valence-electron chi connectivity index (χ0n) is 14.4. The number of allylic oxidation sites excluding steroid dienone is 1. The lowest BCUT2D eigenvalue weighted by atomic mass is 9.90. The minimum absolute atomic E-state index is 0.0165. The Morgan fingerprint density at radius 2 is 2.23 bits per heavy atom. The van der Waals surface area contributed by atoms with Crippen molar-refractivity contribution in [3.8, 4) is 0 Å². The molecule has 2 aromatic rings. The minimum atomic E-state index is -0.933. The van der Waals surface area contributed by atoms with Crippen molar-refractivity contribution in [3.05, 3.63) is 58.1 Å². The van der Waals surface area contributed by atoms with Gasteiger partial charge in [-0.2, -0.15) is 0 Å². The first kappa shape index (κ1) is 18.2. The Kier molecular flexibility index (Phi) is 5.42. The van der Waals surface area contributed by atoms with Crippen LogP contribution in [0.25, 0.3) is 5.57 Å². The molecule has 1 amide bonds. The molecule has 0 bridgehead atoms. The molecule has 1 unspecified atom stereocenters.